The van der Waals surface area contributed by atoms with Crippen LogP contribution in [0.2, 0.25) is 0 Å². The molecule has 3 nitrogen and oxygen atoms in total. The van der Waals surface area contributed by atoms with Crippen LogP contribution in [-0.4, -0.2) is 19.9 Å². The van der Waals surface area contributed by atoms with E-state index in [4.69, 9.17) is 0 Å². The second-order valence-corrected chi connectivity index (χ2v) is 12.0. The summed E-state index contributed by atoms with van der Waals surface area (Å²) in [7, 11) is 0.436. The maximum absolute atomic E-state index is 13.5. The van der Waals surface area contributed by atoms with Crippen molar-refractivity contribution in [2.24, 2.45) is 0 Å². The fourth-order valence-corrected chi connectivity index (χ4v) is 7.27. The third kappa shape index (κ3) is 3.78. The van der Waals surface area contributed by atoms with Crippen LogP contribution in [0.1, 0.15) is 25.8 Å². The molecule has 4 aromatic rings. The van der Waals surface area contributed by atoms with Crippen LogP contribution in [0.5, 0.6) is 0 Å². The predicted octanol–water partition coefficient (Wildman–Crippen LogP) is 6.34. The maximum Gasteiger partial charge on any atom is 0.125 e. The van der Waals surface area contributed by atoms with Crippen molar-refractivity contribution < 1.29 is 8.60 Å². The standard InChI is InChI=1S/C26H23FN2OS2/c1-26(2)11-14-32(31-30)24-8-5-19(15-22(24)26)23-16-21(17-9-12-28-13-10-17)25(29-23)18-3-6-20(27)7-4-18/h3-10,12-13,15-16,29H,11,14H2,1-2H3. The Balaban J connectivity index is 1.68. The van der Waals surface area contributed by atoms with Gasteiger partial charge in [-0.1, -0.05) is 29.4 Å². The van der Waals surface area contributed by atoms with Gasteiger partial charge in [0.25, 0.3) is 0 Å². The molecule has 0 saturated carbocycles. The Bertz CT molecular complexity index is 1350. The fraction of sp³-hybridized carbons (Fsp3) is 0.192. The van der Waals surface area contributed by atoms with Gasteiger partial charge >= 0.3 is 0 Å². The molecule has 5 rings (SSSR count). The van der Waals surface area contributed by atoms with E-state index in [1.165, 1.54) is 22.6 Å². The van der Waals surface area contributed by atoms with E-state index in [2.05, 4.69) is 48.1 Å². The molecule has 2 aromatic heterocycles. The third-order valence-corrected chi connectivity index (χ3v) is 9.32. The van der Waals surface area contributed by atoms with Crippen LogP contribution in [0.15, 0.2) is 78.0 Å². The molecule has 0 saturated heterocycles. The predicted molar refractivity (Wildman–Crippen MR) is 131 cm³/mol. The van der Waals surface area contributed by atoms with Crippen LogP contribution in [0.25, 0.3) is 33.6 Å². The second kappa shape index (κ2) is 8.26. The first-order chi connectivity index (χ1) is 15.5. The van der Waals surface area contributed by atoms with Crippen molar-refractivity contribution in [1.29, 1.82) is 0 Å². The average molecular weight is 463 g/mol. The van der Waals surface area contributed by atoms with Gasteiger partial charge in [-0.2, -0.15) is 0 Å². The molecule has 1 atom stereocenters. The molecular weight excluding hydrogens is 439 g/mol. The normalized spacial score (nSPS) is 17.0. The topological polar surface area (TPSA) is 45.8 Å². The van der Waals surface area contributed by atoms with Gasteiger partial charge in [-0.3, -0.25) is 4.98 Å². The molecule has 1 aliphatic rings. The van der Waals surface area contributed by atoms with E-state index in [0.717, 1.165) is 56.0 Å². The molecule has 3 heterocycles. The minimum atomic E-state index is -0.290. The quantitative estimate of drug-likeness (QED) is 0.386. The number of aromatic nitrogens is 2. The maximum atomic E-state index is 13.5. The zero-order chi connectivity index (χ0) is 22.3. The van der Waals surface area contributed by atoms with Crippen molar-refractivity contribution in [1.82, 2.24) is 9.97 Å². The average Bonchev–Trinajstić information content (AvgIpc) is 3.26. The molecule has 1 N–H and O–H groups in total. The first kappa shape index (κ1) is 21.0. The molecule has 1 unspecified atom stereocenters. The van der Waals surface area contributed by atoms with E-state index in [-0.39, 0.29) is 20.7 Å². The van der Waals surface area contributed by atoms with Gasteiger partial charge in [0, 0.05) is 34.3 Å². The molecule has 32 heavy (non-hydrogen) atoms. The summed E-state index contributed by atoms with van der Waals surface area (Å²) in [5, 5.41) is 0. The monoisotopic (exact) mass is 462 g/mol. The van der Waals surface area contributed by atoms with Gasteiger partial charge < -0.3 is 4.98 Å². The van der Waals surface area contributed by atoms with E-state index in [1.807, 2.05) is 12.1 Å². The number of halogens is 1. The van der Waals surface area contributed by atoms with Gasteiger partial charge in [0.2, 0.25) is 0 Å². The lowest BCUT2D eigenvalue weighted by Crippen LogP contribution is -2.27. The summed E-state index contributed by atoms with van der Waals surface area (Å²) in [5.41, 5.74) is 7.33. The Kier molecular flexibility index (Phi) is 5.43. The molecule has 2 aromatic carbocycles. The number of H-pyrrole nitrogens is 1. The highest BCUT2D eigenvalue weighted by Gasteiger charge is 2.30. The number of benzene rings is 2. The zero-order valence-electron chi connectivity index (χ0n) is 17.9. The number of hydrogen-bond acceptors (Lipinski definition) is 2. The molecule has 0 fully saturated rings. The highest BCUT2D eigenvalue weighted by molar-refractivity contribution is 8.31. The lowest BCUT2D eigenvalue weighted by molar-refractivity contribution is 0.493. The molecule has 0 aliphatic carbocycles. The second-order valence-electron chi connectivity index (χ2n) is 8.68. The van der Waals surface area contributed by atoms with Gasteiger partial charge in [-0.05, 0) is 88.7 Å². The third-order valence-electron chi connectivity index (χ3n) is 6.20. The number of fused-ring (bicyclic) bond motifs is 1. The summed E-state index contributed by atoms with van der Waals surface area (Å²) in [6, 6.07) is 19.1. The molecule has 1 aliphatic heterocycles. The molecule has 0 radical (unpaired) electrons. The number of aromatic amines is 1. The van der Waals surface area contributed by atoms with Crippen molar-refractivity contribution in [2.45, 2.75) is 30.6 Å². The molecule has 0 bridgehead atoms. The lowest BCUT2D eigenvalue weighted by Gasteiger charge is -2.33. The summed E-state index contributed by atoms with van der Waals surface area (Å²) in [6.07, 6.45) is 4.56. The van der Waals surface area contributed by atoms with Crippen LogP contribution < -0.4 is 0 Å². The van der Waals surface area contributed by atoms with Crippen molar-refractivity contribution in [3.63, 3.8) is 0 Å². The SMILES string of the molecule is CC1(C)CCS(=S=O)c2ccc(-c3cc(-c4ccncc4)c(-c4ccc(F)cc4)[nH]3)cc21. The number of pyridine rings is 1. The summed E-state index contributed by atoms with van der Waals surface area (Å²) >= 11 is 0. The minimum Gasteiger partial charge on any atom is -0.354 e. The van der Waals surface area contributed by atoms with Crippen LogP contribution in [0, 0.1) is 5.82 Å². The highest BCUT2D eigenvalue weighted by Crippen LogP contribution is 2.41. The van der Waals surface area contributed by atoms with E-state index >= 15 is 0 Å². The summed E-state index contributed by atoms with van der Waals surface area (Å²) < 4.78 is 25.2. The summed E-state index contributed by atoms with van der Waals surface area (Å²) in [6.45, 7) is 4.51. The van der Waals surface area contributed by atoms with Crippen LogP contribution >= 0.6 is 0 Å². The van der Waals surface area contributed by atoms with Gasteiger partial charge in [-0.25, -0.2) is 8.60 Å². The smallest absolute Gasteiger partial charge is 0.125 e. The van der Waals surface area contributed by atoms with Crippen molar-refractivity contribution >= 4 is 19.7 Å². The number of hydrogen-bond donors (Lipinski definition) is 1. The van der Waals surface area contributed by atoms with E-state index in [9.17, 15) is 8.60 Å². The molecule has 6 heteroatoms. The van der Waals surface area contributed by atoms with E-state index < -0.39 is 0 Å². The number of rotatable bonds is 3. The molecule has 0 amide bonds. The zero-order valence-corrected chi connectivity index (χ0v) is 19.5. The Morgan fingerprint density at radius 1 is 0.969 bits per heavy atom. The van der Waals surface area contributed by atoms with Crippen LogP contribution in [0.3, 0.4) is 0 Å². The van der Waals surface area contributed by atoms with Crippen molar-refractivity contribution in [3.8, 4) is 33.6 Å². The molecule has 0 spiro atoms. The first-order valence-electron chi connectivity index (χ1n) is 10.5. The van der Waals surface area contributed by atoms with Crippen LogP contribution in [-0.2, 0) is 25.1 Å². The highest BCUT2D eigenvalue weighted by atomic mass is 32.8. The van der Waals surface area contributed by atoms with Crippen LogP contribution in [0.4, 0.5) is 4.39 Å². The number of nitrogens with zero attached hydrogens (tertiary/aromatic N) is 1. The minimum absolute atomic E-state index is 0.0326. The van der Waals surface area contributed by atoms with E-state index in [0.29, 0.717) is 0 Å². The molecular formula is C26H23FN2OS2. The van der Waals surface area contributed by atoms with Crippen molar-refractivity contribution in [3.05, 3.63) is 84.4 Å². The lowest BCUT2D eigenvalue weighted by atomic mass is 9.81. The van der Waals surface area contributed by atoms with Gasteiger partial charge in [0.05, 0.1) is 5.69 Å². The Morgan fingerprint density at radius 3 is 2.41 bits per heavy atom. The van der Waals surface area contributed by atoms with Crippen molar-refractivity contribution in [2.75, 3.05) is 5.75 Å². The first-order valence-corrected chi connectivity index (χ1v) is 13.2. The Hall–Kier alpha value is -2.83. The van der Waals surface area contributed by atoms with Gasteiger partial charge in [0.1, 0.15) is 16.0 Å². The Labute approximate surface area is 192 Å². The van der Waals surface area contributed by atoms with Gasteiger partial charge in [0.15, 0.2) is 0 Å². The molecule has 162 valence electrons. The van der Waals surface area contributed by atoms with Gasteiger partial charge in [-0.15, -0.1) is 0 Å². The van der Waals surface area contributed by atoms with E-state index in [1.54, 1.807) is 24.5 Å². The Morgan fingerprint density at radius 2 is 1.69 bits per heavy atom. The summed E-state index contributed by atoms with van der Waals surface area (Å²) in [5.74, 6) is 0.686. The fourth-order valence-electron chi connectivity index (χ4n) is 4.30. The summed E-state index contributed by atoms with van der Waals surface area (Å²) in [4.78, 5) is 8.91. The largest absolute Gasteiger partial charge is 0.354 e. The number of nitrogens with one attached hydrogen (secondary N) is 1.